The summed E-state index contributed by atoms with van der Waals surface area (Å²) in [6, 6.07) is 0. The normalized spacial score (nSPS) is 14.4. The van der Waals surface area contributed by atoms with Gasteiger partial charge in [0.25, 0.3) is 0 Å². The van der Waals surface area contributed by atoms with Crippen LogP contribution in [-0.4, -0.2) is 95.9 Å². The van der Waals surface area contributed by atoms with Crippen LogP contribution in [0.3, 0.4) is 0 Å². The third-order valence-electron chi connectivity index (χ3n) is 21.8. The molecule has 0 saturated heterocycles. The number of aliphatic hydroxyl groups excluding tert-OH is 2. The summed E-state index contributed by atoms with van der Waals surface area (Å²) in [5, 5.41) is 20.8. The first-order valence-corrected chi connectivity index (χ1v) is 54.7. The van der Waals surface area contributed by atoms with Gasteiger partial charge in [0.2, 0.25) is 0 Å². The van der Waals surface area contributed by atoms with Crippen molar-refractivity contribution in [2.24, 2.45) is 0 Å². The fraction of sp³-hybridized carbons (Fsp3) is 0.685. The number of carbonyl (C=O) groups is 3. The Balaban J connectivity index is 4.62. The number of esters is 3. The van der Waals surface area contributed by atoms with Crippen LogP contribution in [0, 0.1) is 0 Å². The molecule has 5 unspecified atom stereocenters. The lowest BCUT2D eigenvalue weighted by Gasteiger charge is -2.21. The van der Waals surface area contributed by atoms with Crippen molar-refractivity contribution < 1.29 is 75.8 Å². The van der Waals surface area contributed by atoms with Gasteiger partial charge in [0, 0.05) is 19.3 Å². The maximum Gasteiger partial charge on any atom is 0.472 e. The summed E-state index contributed by atoms with van der Waals surface area (Å²) in [6.07, 6.45) is 136. The molecule has 0 aliphatic rings. The van der Waals surface area contributed by atoms with Gasteiger partial charge in [0.05, 0.1) is 26.4 Å². The molecule has 0 bridgehead atoms. The molecule has 738 valence electrons. The van der Waals surface area contributed by atoms with Crippen LogP contribution in [-0.2, 0) is 55.8 Å². The molecule has 0 spiro atoms. The Hall–Kier alpha value is -5.61. The third kappa shape index (κ3) is 103. The minimum Gasteiger partial charge on any atom is -0.463 e. The molecule has 4 N–H and O–H groups in total. The number of carbonyl (C=O) groups excluding carboxylic acids is 3. The van der Waals surface area contributed by atoms with Crippen molar-refractivity contribution in [1.82, 2.24) is 0 Å². The summed E-state index contributed by atoms with van der Waals surface area (Å²) in [7, 11) is -9.82. The fourth-order valence-electron chi connectivity index (χ4n) is 14.1. The van der Waals surface area contributed by atoms with Gasteiger partial charge in [-0.2, -0.15) is 0 Å². The van der Waals surface area contributed by atoms with Crippen molar-refractivity contribution in [1.29, 1.82) is 0 Å². The van der Waals surface area contributed by atoms with Crippen LogP contribution in [0.4, 0.5) is 0 Å². The smallest absolute Gasteiger partial charge is 0.463 e. The second-order valence-corrected chi connectivity index (χ2v) is 37.1. The first-order chi connectivity index (χ1) is 63.2. The summed E-state index contributed by atoms with van der Waals surface area (Å²) >= 11 is 0. The van der Waals surface area contributed by atoms with Gasteiger partial charge in [-0.1, -0.05) is 446 Å². The monoisotopic (exact) mass is 1840 g/mol. The Morgan fingerprint density at radius 3 is 0.612 bits per heavy atom. The van der Waals surface area contributed by atoms with Crippen molar-refractivity contribution in [3.63, 3.8) is 0 Å². The molecule has 16 nitrogen and oxygen atoms in total. The van der Waals surface area contributed by atoms with E-state index in [0.717, 1.165) is 173 Å². The number of aliphatic hydroxyl groups is 2. The van der Waals surface area contributed by atoms with Gasteiger partial charge in [-0.15, -0.1) is 0 Å². The van der Waals surface area contributed by atoms with Gasteiger partial charge < -0.3 is 34.2 Å². The molecule has 0 radical (unpaired) electrons. The van der Waals surface area contributed by atoms with Crippen LogP contribution in [0.5, 0.6) is 0 Å². The highest BCUT2D eigenvalue weighted by Crippen LogP contribution is 2.45. The van der Waals surface area contributed by atoms with Crippen molar-refractivity contribution in [2.45, 2.75) is 450 Å². The molecule has 0 heterocycles. The lowest BCUT2D eigenvalue weighted by Crippen LogP contribution is -2.30. The van der Waals surface area contributed by atoms with E-state index in [-0.39, 0.29) is 19.3 Å². The van der Waals surface area contributed by atoms with Crippen LogP contribution < -0.4 is 0 Å². The van der Waals surface area contributed by atoms with Crippen molar-refractivity contribution in [3.05, 3.63) is 194 Å². The Labute approximate surface area is 788 Å². The largest absolute Gasteiger partial charge is 0.472 e. The van der Waals surface area contributed by atoms with Gasteiger partial charge in [0.1, 0.15) is 25.4 Å². The number of hydrogen-bond acceptors (Lipinski definition) is 14. The van der Waals surface area contributed by atoms with Gasteiger partial charge in [-0.25, -0.2) is 9.13 Å². The second kappa shape index (κ2) is 101. The number of hydrogen-bond donors (Lipinski definition) is 4. The Kier molecular flexibility index (Phi) is 97.0. The maximum atomic E-state index is 13.1. The molecule has 5 atom stereocenters. The number of phosphoric ester groups is 2. The van der Waals surface area contributed by atoms with Crippen LogP contribution in [0.1, 0.15) is 432 Å². The number of allylic oxidation sites excluding steroid dienone is 32. The van der Waals surface area contributed by atoms with E-state index in [1.165, 1.54) is 199 Å². The highest BCUT2D eigenvalue weighted by molar-refractivity contribution is 7.47. The van der Waals surface area contributed by atoms with Crippen LogP contribution >= 0.6 is 15.6 Å². The van der Waals surface area contributed by atoms with Gasteiger partial charge >= 0.3 is 33.6 Å². The number of rotatable bonds is 97. The summed E-state index contributed by atoms with van der Waals surface area (Å²) < 4.78 is 61.7. The molecule has 0 amide bonds. The van der Waals surface area contributed by atoms with Crippen LogP contribution in [0.25, 0.3) is 0 Å². The standard InChI is InChI=1S/C111H188O16P2/c1-4-7-10-13-16-19-22-25-28-31-34-37-40-43-46-49-51-52-54-57-58-61-64-67-70-73-76-79-82-85-88-91-94-97-109(114)121-100-106(112)101-123-128(117,118)124-102-107(113)103-125-129(119,120)126-105-108(127-111(116)99-96-93-90-87-84-81-78-75-72-69-66-63-60-55-48-45-42-39-36-33-30-27-24-21-18-15-12-9-6-3)104-122-110(115)98-95-92-89-86-83-80-77-74-71-68-65-62-59-56-53-50-47-44-41-38-35-32-29-26-23-20-17-14-11-8-5-2/h7-12,16-21,25-30,34-39,43-48,60,63,106-108,112-113H,4-6,13-15,22-24,31-33,40-42,49-59,61-62,64-105H2,1-3H3,(H,117,118)(H,119,120)/b10-7-,11-8-,12-9-,19-16-,20-17-,21-18-,28-25-,29-26-,30-27-,37-34-,38-35-,39-36-,46-43-,47-44-,48-45-,63-60-. The highest BCUT2D eigenvalue weighted by Gasteiger charge is 2.30. The van der Waals surface area contributed by atoms with E-state index < -0.39 is 91.5 Å². The molecule has 0 rings (SSSR count). The van der Waals surface area contributed by atoms with E-state index >= 15 is 0 Å². The zero-order chi connectivity index (χ0) is 93.5. The Bertz CT molecular complexity index is 3130. The van der Waals surface area contributed by atoms with Gasteiger partial charge in [-0.05, 0) is 161 Å². The van der Waals surface area contributed by atoms with E-state index in [1.807, 2.05) is 0 Å². The molecule has 0 aliphatic carbocycles. The van der Waals surface area contributed by atoms with Crippen LogP contribution in [0.2, 0.25) is 0 Å². The zero-order valence-electron chi connectivity index (χ0n) is 81.8. The van der Waals surface area contributed by atoms with E-state index in [9.17, 15) is 43.5 Å². The highest BCUT2D eigenvalue weighted by atomic mass is 31.2. The molecule has 0 saturated carbocycles. The first-order valence-electron chi connectivity index (χ1n) is 51.7. The number of ether oxygens (including phenoxy) is 3. The van der Waals surface area contributed by atoms with Crippen molar-refractivity contribution >= 4 is 33.6 Å². The molecule has 0 aliphatic heterocycles. The predicted octanol–water partition coefficient (Wildman–Crippen LogP) is 32.9. The summed E-state index contributed by atoms with van der Waals surface area (Å²) in [6.45, 7) is 2.41. The topological polar surface area (TPSA) is 231 Å². The number of phosphoric acid groups is 2. The van der Waals surface area contributed by atoms with Gasteiger partial charge in [-0.3, -0.25) is 32.5 Å². The lowest BCUT2D eigenvalue weighted by atomic mass is 10.0. The third-order valence-corrected chi connectivity index (χ3v) is 23.7. The van der Waals surface area contributed by atoms with Gasteiger partial charge in [0.15, 0.2) is 6.10 Å². The average molecular weight is 1840 g/mol. The molecule has 0 aromatic rings. The van der Waals surface area contributed by atoms with Crippen LogP contribution in [0.15, 0.2) is 194 Å². The van der Waals surface area contributed by atoms with Crippen molar-refractivity contribution in [3.8, 4) is 0 Å². The first kappa shape index (κ1) is 123. The fourth-order valence-corrected chi connectivity index (χ4v) is 15.7. The lowest BCUT2D eigenvalue weighted by molar-refractivity contribution is -0.161. The minimum atomic E-state index is -4.95. The van der Waals surface area contributed by atoms with E-state index in [4.69, 9.17) is 32.3 Å². The van der Waals surface area contributed by atoms with E-state index in [0.29, 0.717) is 19.3 Å². The summed E-state index contributed by atoms with van der Waals surface area (Å²) in [5.41, 5.74) is 0. The Morgan fingerprint density at radius 1 is 0.217 bits per heavy atom. The SMILES string of the molecule is CC/C=C\C/C=C\C/C=C\C/C=C\C/C=C\C/C=C\CCCCCCCCCCCCC(=O)OC(COC(=O)CCCCCCCCCCCCCCCCC/C=C\C/C=C\C/C=C\C/C=C\C/C=C\CC)COP(=O)(O)OCC(O)COP(=O)(O)OCC(O)COC(=O)CCCCCCCCCCCCCCCCCCC/C=C\C/C=C\C/C=C\C/C=C\C/C=C\CC. The molecule has 0 fully saturated rings. The summed E-state index contributed by atoms with van der Waals surface area (Å²) in [4.78, 5) is 59.3. The average Bonchev–Trinajstić information content (AvgIpc) is 0.899. The predicted molar refractivity (Wildman–Crippen MR) is 546 cm³/mol. The number of unbranched alkanes of at least 4 members (excludes halogenated alkanes) is 42. The quantitative estimate of drug-likeness (QED) is 0.0146. The zero-order valence-corrected chi connectivity index (χ0v) is 83.6. The molecular weight excluding hydrogens is 1650 g/mol. The molecule has 0 aromatic carbocycles. The summed E-state index contributed by atoms with van der Waals surface area (Å²) in [5.74, 6) is -1.57. The second-order valence-electron chi connectivity index (χ2n) is 34.2. The van der Waals surface area contributed by atoms with E-state index in [1.54, 1.807) is 0 Å². The minimum absolute atomic E-state index is 0.0944. The van der Waals surface area contributed by atoms with Crippen molar-refractivity contribution in [2.75, 3.05) is 39.6 Å². The maximum absolute atomic E-state index is 13.1. The molecule has 0 aromatic heterocycles. The Morgan fingerprint density at radius 2 is 0.388 bits per heavy atom. The van der Waals surface area contributed by atoms with E-state index in [2.05, 4.69) is 215 Å². The molecule has 129 heavy (non-hydrogen) atoms. The molecule has 18 heteroatoms. The molecular formula is C111H188O16P2.